The summed E-state index contributed by atoms with van der Waals surface area (Å²) in [5.41, 5.74) is 2.38. The molecule has 0 radical (unpaired) electrons. The van der Waals surface area contributed by atoms with Crippen LogP contribution in [0.2, 0.25) is 5.02 Å². The van der Waals surface area contributed by atoms with Gasteiger partial charge in [0.15, 0.2) is 5.96 Å². The smallest absolute Gasteiger partial charge is 0.194 e. The molecule has 0 bridgehead atoms. The molecule has 1 unspecified atom stereocenters. The van der Waals surface area contributed by atoms with Crippen molar-refractivity contribution in [2.45, 2.75) is 32.7 Å². The van der Waals surface area contributed by atoms with E-state index in [1.165, 1.54) is 17.4 Å². The van der Waals surface area contributed by atoms with Gasteiger partial charge in [0.1, 0.15) is 0 Å². The van der Waals surface area contributed by atoms with E-state index < -0.39 is 0 Å². The third-order valence-electron chi connectivity index (χ3n) is 4.32. The van der Waals surface area contributed by atoms with Crippen LogP contribution in [0.1, 0.15) is 25.8 Å². The molecule has 2 N–H and O–H groups in total. The lowest BCUT2D eigenvalue weighted by atomic mass is 10.0. The van der Waals surface area contributed by atoms with E-state index in [2.05, 4.69) is 48.4 Å². The molecule has 0 saturated carbocycles. The number of hydrogen-bond donors (Lipinski definition) is 2. The van der Waals surface area contributed by atoms with Crippen molar-refractivity contribution < 1.29 is 0 Å². The fourth-order valence-corrected chi connectivity index (χ4v) is 3.44. The van der Waals surface area contributed by atoms with Gasteiger partial charge in [-0.3, -0.25) is 4.99 Å². The molecule has 1 aliphatic heterocycles. The Labute approximate surface area is 166 Å². The minimum absolute atomic E-state index is 0. The molecule has 24 heavy (non-hydrogen) atoms. The van der Waals surface area contributed by atoms with Gasteiger partial charge in [0.25, 0.3) is 0 Å². The highest BCUT2D eigenvalue weighted by Crippen LogP contribution is 2.22. The van der Waals surface area contributed by atoms with E-state index in [-0.39, 0.29) is 24.0 Å². The number of benzene rings is 1. The summed E-state index contributed by atoms with van der Waals surface area (Å²) < 4.78 is 0. The molecule has 1 aromatic heterocycles. The first-order chi connectivity index (χ1) is 11.0. The number of likely N-dealkylation sites (N-methyl/N-ethyl adjacent to an activating group) is 1. The van der Waals surface area contributed by atoms with E-state index in [1.54, 1.807) is 0 Å². The molecule has 1 aromatic carbocycles. The summed E-state index contributed by atoms with van der Waals surface area (Å²) >= 11 is 6.03. The van der Waals surface area contributed by atoms with Crippen molar-refractivity contribution in [3.05, 3.63) is 35.0 Å². The Kier molecular flexibility index (Phi) is 6.80. The normalized spacial score (nSPS) is 19.1. The molecule has 1 atom stereocenters. The summed E-state index contributed by atoms with van der Waals surface area (Å²) in [6, 6.07) is 6.51. The topological polar surface area (TPSA) is 43.4 Å². The predicted octanol–water partition coefficient (Wildman–Crippen LogP) is 4.29. The molecular weight excluding hydrogens is 435 g/mol. The van der Waals surface area contributed by atoms with Crippen molar-refractivity contribution in [1.82, 2.24) is 15.2 Å². The first-order valence-corrected chi connectivity index (χ1v) is 8.68. The summed E-state index contributed by atoms with van der Waals surface area (Å²) in [6.07, 6.45) is 4.18. The van der Waals surface area contributed by atoms with Gasteiger partial charge in [0.2, 0.25) is 0 Å². The molecule has 0 aliphatic carbocycles. The largest absolute Gasteiger partial charge is 0.361 e. The number of guanidine groups is 1. The van der Waals surface area contributed by atoms with Gasteiger partial charge in [0, 0.05) is 48.3 Å². The number of halogens is 2. The predicted molar refractivity (Wildman–Crippen MR) is 114 cm³/mol. The van der Waals surface area contributed by atoms with Crippen LogP contribution in [0.5, 0.6) is 0 Å². The second-order valence-corrected chi connectivity index (χ2v) is 7.25. The Morgan fingerprint density at radius 1 is 1.38 bits per heavy atom. The molecule has 6 heteroatoms. The summed E-state index contributed by atoms with van der Waals surface area (Å²) in [6.45, 7) is 6.36. The standard InChI is InChI=1S/C18H25ClN4.HI/c1-12(2)8-15-11-23(3)18(22-15)20-7-6-13-10-21-17-9-14(19)4-5-16(13)17;/h4-5,9-10,12,15,21H,6-8,11H2,1-3H3,(H,20,22);1H. The van der Waals surface area contributed by atoms with Crippen LogP contribution in [0.4, 0.5) is 0 Å². The quantitative estimate of drug-likeness (QED) is 0.654. The zero-order valence-corrected chi connectivity index (χ0v) is 17.6. The Balaban J connectivity index is 0.00000208. The van der Waals surface area contributed by atoms with Crippen LogP contribution in [0.25, 0.3) is 10.9 Å². The van der Waals surface area contributed by atoms with E-state index in [9.17, 15) is 0 Å². The van der Waals surface area contributed by atoms with Gasteiger partial charge in [-0.1, -0.05) is 31.5 Å². The van der Waals surface area contributed by atoms with E-state index in [4.69, 9.17) is 16.6 Å². The Morgan fingerprint density at radius 3 is 2.92 bits per heavy atom. The molecule has 3 rings (SSSR count). The van der Waals surface area contributed by atoms with Crippen LogP contribution in [-0.2, 0) is 6.42 Å². The highest BCUT2D eigenvalue weighted by molar-refractivity contribution is 14.0. The summed E-state index contributed by atoms with van der Waals surface area (Å²) in [5.74, 6) is 1.73. The maximum absolute atomic E-state index is 6.03. The van der Waals surface area contributed by atoms with Crippen LogP contribution < -0.4 is 5.32 Å². The fourth-order valence-electron chi connectivity index (χ4n) is 3.27. The SMILES string of the molecule is CC(C)CC1CN(C)C(=NCCc2c[nH]c3cc(Cl)ccc23)N1.I. The number of nitrogens with zero attached hydrogens (tertiary/aromatic N) is 2. The van der Waals surface area contributed by atoms with Crippen molar-refractivity contribution in [2.24, 2.45) is 10.9 Å². The van der Waals surface area contributed by atoms with Crippen molar-refractivity contribution in [1.29, 1.82) is 0 Å². The van der Waals surface area contributed by atoms with Crippen molar-refractivity contribution in [3.8, 4) is 0 Å². The van der Waals surface area contributed by atoms with Crippen LogP contribution in [-0.4, -0.2) is 42.0 Å². The van der Waals surface area contributed by atoms with Crippen LogP contribution in [0.3, 0.4) is 0 Å². The van der Waals surface area contributed by atoms with Gasteiger partial charge in [-0.15, -0.1) is 24.0 Å². The maximum Gasteiger partial charge on any atom is 0.194 e. The molecule has 0 amide bonds. The van der Waals surface area contributed by atoms with E-state index >= 15 is 0 Å². The lowest BCUT2D eigenvalue weighted by Gasteiger charge is -2.11. The minimum Gasteiger partial charge on any atom is -0.361 e. The molecule has 2 heterocycles. The third-order valence-corrected chi connectivity index (χ3v) is 4.55. The summed E-state index contributed by atoms with van der Waals surface area (Å²) in [7, 11) is 2.11. The average molecular weight is 461 g/mol. The average Bonchev–Trinajstić information content (AvgIpc) is 3.02. The van der Waals surface area contributed by atoms with E-state index in [0.717, 1.165) is 36.0 Å². The number of aromatic nitrogens is 1. The van der Waals surface area contributed by atoms with Gasteiger partial charge >= 0.3 is 0 Å². The Hall–Kier alpha value is -0.950. The Morgan fingerprint density at radius 2 is 2.17 bits per heavy atom. The van der Waals surface area contributed by atoms with E-state index in [1.807, 2.05) is 12.1 Å². The maximum atomic E-state index is 6.03. The summed E-state index contributed by atoms with van der Waals surface area (Å²) in [5, 5.41) is 5.55. The minimum atomic E-state index is 0. The lowest BCUT2D eigenvalue weighted by molar-refractivity contribution is 0.437. The first-order valence-electron chi connectivity index (χ1n) is 8.30. The molecule has 1 saturated heterocycles. The number of aromatic amines is 1. The lowest BCUT2D eigenvalue weighted by Crippen LogP contribution is -2.30. The first kappa shape index (κ1) is 19.4. The monoisotopic (exact) mass is 460 g/mol. The molecule has 132 valence electrons. The number of hydrogen-bond acceptors (Lipinski definition) is 1. The van der Waals surface area contributed by atoms with Gasteiger partial charge in [-0.05, 0) is 36.5 Å². The molecule has 4 nitrogen and oxygen atoms in total. The summed E-state index contributed by atoms with van der Waals surface area (Å²) in [4.78, 5) is 10.3. The van der Waals surface area contributed by atoms with Gasteiger partial charge in [0.05, 0.1) is 0 Å². The third kappa shape index (κ3) is 4.57. The van der Waals surface area contributed by atoms with Crippen molar-refractivity contribution >= 4 is 52.4 Å². The zero-order valence-electron chi connectivity index (χ0n) is 14.5. The highest BCUT2D eigenvalue weighted by atomic mass is 127. The van der Waals surface area contributed by atoms with Crippen molar-refractivity contribution in [3.63, 3.8) is 0 Å². The van der Waals surface area contributed by atoms with Gasteiger partial charge in [-0.25, -0.2) is 0 Å². The molecule has 1 aliphatic rings. The molecular formula is C18H26ClIN4. The Bertz CT molecular complexity index is 710. The molecule has 0 spiro atoms. The second kappa shape index (κ2) is 8.43. The number of nitrogens with one attached hydrogen (secondary N) is 2. The second-order valence-electron chi connectivity index (χ2n) is 6.81. The number of H-pyrrole nitrogens is 1. The highest BCUT2D eigenvalue weighted by Gasteiger charge is 2.24. The van der Waals surface area contributed by atoms with E-state index in [0.29, 0.717) is 12.0 Å². The van der Waals surface area contributed by atoms with Crippen molar-refractivity contribution in [2.75, 3.05) is 20.1 Å². The molecule has 1 fully saturated rings. The number of fused-ring (bicyclic) bond motifs is 1. The number of aliphatic imine (C=N–C) groups is 1. The van der Waals surface area contributed by atoms with Gasteiger partial charge < -0.3 is 15.2 Å². The van der Waals surface area contributed by atoms with Crippen LogP contribution >= 0.6 is 35.6 Å². The van der Waals surface area contributed by atoms with Crippen LogP contribution in [0, 0.1) is 5.92 Å². The zero-order chi connectivity index (χ0) is 16.4. The van der Waals surface area contributed by atoms with Gasteiger partial charge in [-0.2, -0.15) is 0 Å². The van der Waals surface area contributed by atoms with Crippen LogP contribution in [0.15, 0.2) is 29.4 Å². The molecule has 2 aromatic rings. The fraction of sp³-hybridized carbons (Fsp3) is 0.500. The number of rotatable bonds is 5.